The number of Topliss-reactive ketones (excluding diaryl/α,β-unsaturated/α-hetero) is 1. The zero-order valence-corrected chi connectivity index (χ0v) is 15.5. The van der Waals surface area contributed by atoms with Crippen LogP contribution in [0.25, 0.3) is 0 Å². The lowest BCUT2D eigenvalue weighted by atomic mass is 9.81. The smallest absolute Gasteiger partial charge is 0.261 e. The first kappa shape index (κ1) is 17.9. The topological polar surface area (TPSA) is 79.0 Å². The maximum absolute atomic E-state index is 12.7. The van der Waals surface area contributed by atoms with E-state index in [1.54, 1.807) is 6.07 Å². The number of fused-ring (bicyclic) bond motifs is 1. The van der Waals surface area contributed by atoms with Crippen molar-refractivity contribution < 1.29 is 9.59 Å². The molecule has 28 heavy (non-hydrogen) atoms. The van der Waals surface area contributed by atoms with Crippen molar-refractivity contribution in [3.8, 4) is 0 Å². The fourth-order valence-corrected chi connectivity index (χ4v) is 3.66. The molecule has 1 amide bonds. The molecule has 0 aliphatic heterocycles. The maximum Gasteiger partial charge on any atom is 0.261 e. The van der Waals surface area contributed by atoms with Gasteiger partial charge in [0, 0.05) is 23.4 Å². The van der Waals surface area contributed by atoms with Crippen molar-refractivity contribution in [3.63, 3.8) is 0 Å². The summed E-state index contributed by atoms with van der Waals surface area (Å²) in [7, 11) is 0. The maximum atomic E-state index is 12.7. The van der Waals surface area contributed by atoms with Gasteiger partial charge in [-0.1, -0.05) is 48.5 Å². The number of hydrogen-bond donors (Lipinski definition) is 2. The number of aryl methyl sites for hydroxylation is 1. The van der Waals surface area contributed by atoms with Crippen LogP contribution in [0, 0.1) is 6.92 Å². The summed E-state index contributed by atoms with van der Waals surface area (Å²) in [6.07, 6.45) is 0.932. The van der Waals surface area contributed by atoms with E-state index in [0.717, 1.165) is 11.1 Å². The lowest BCUT2D eigenvalue weighted by molar-refractivity contribution is 0.0963. The first-order chi connectivity index (χ1) is 13.5. The summed E-state index contributed by atoms with van der Waals surface area (Å²) in [4.78, 5) is 40.6. The number of para-hydroxylation sites is 1. The van der Waals surface area contributed by atoms with Gasteiger partial charge >= 0.3 is 0 Å². The van der Waals surface area contributed by atoms with Crippen LogP contribution in [0.1, 0.15) is 49.9 Å². The highest BCUT2D eigenvalue weighted by atomic mass is 16.2. The summed E-state index contributed by atoms with van der Waals surface area (Å²) in [5.41, 5.74) is 3.11. The molecule has 1 aliphatic carbocycles. The number of H-pyrrole nitrogens is 1. The van der Waals surface area contributed by atoms with Crippen molar-refractivity contribution >= 4 is 17.4 Å². The van der Waals surface area contributed by atoms with Crippen LogP contribution in [-0.4, -0.2) is 16.7 Å². The number of aromatic amines is 1. The zero-order valence-electron chi connectivity index (χ0n) is 15.5. The van der Waals surface area contributed by atoms with Crippen LogP contribution in [0.15, 0.2) is 65.5 Å². The first-order valence-corrected chi connectivity index (χ1v) is 9.24. The number of aromatic nitrogens is 1. The fourth-order valence-electron chi connectivity index (χ4n) is 3.66. The predicted octanol–water partition coefficient (Wildman–Crippen LogP) is 3.85. The molecule has 4 rings (SSSR count). The van der Waals surface area contributed by atoms with Crippen molar-refractivity contribution in [3.05, 3.63) is 99.0 Å². The number of benzene rings is 2. The Hall–Kier alpha value is -3.47. The summed E-state index contributed by atoms with van der Waals surface area (Å²) in [6, 6.07) is 18.6. The zero-order chi connectivity index (χ0) is 19.7. The number of nitrogens with one attached hydrogen (secondary N) is 2. The highest BCUT2D eigenvalue weighted by Crippen LogP contribution is 2.31. The van der Waals surface area contributed by atoms with Crippen LogP contribution >= 0.6 is 0 Å². The Balaban J connectivity index is 1.64. The summed E-state index contributed by atoms with van der Waals surface area (Å²) in [6.45, 7) is 1.87. The highest BCUT2D eigenvalue weighted by Gasteiger charge is 2.28. The van der Waals surface area contributed by atoms with Gasteiger partial charge in [-0.15, -0.1) is 0 Å². The minimum atomic E-state index is -0.517. The third kappa shape index (κ3) is 3.39. The van der Waals surface area contributed by atoms with Crippen molar-refractivity contribution in [2.75, 3.05) is 5.32 Å². The van der Waals surface area contributed by atoms with E-state index in [4.69, 9.17) is 0 Å². The second-order valence-corrected chi connectivity index (χ2v) is 7.11. The lowest BCUT2D eigenvalue weighted by Crippen LogP contribution is -2.29. The Labute approximate surface area is 162 Å². The molecule has 1 atom stereocenters. The molecule has 0 fully saturated rings. The summed E-state index contributed by atoms with van der Waals surface area (Å²) in [5.74, 6) is -0.545. The number of rotatable bonds is 3. The highest BCUT2D eigenvalue weighted by molar-refractivity contribution is 6.07. The molecular formula is C23H20N2O3. The van der Waals surface area contributed by atoms with Crippen LogP contribution in [0.5, 0.6) is 0 Å². The molecule has 1 heterocycles. The molecule has 0 unspecified atom stereocenters. The van der Waals surface area contributed by atoms with Gasteiger partial charge in [-0.05, 0) is 42.5 Å². The van der Waals surface area contributed by atoms with E-state index in [2.05, 4.69) is 10.3 Å². The van der Waals surface area contributed by atoms with E-state index in [1.807, 2.05) is 55.5 Å². The summed E-state index contributed by atoms with van der Waals surface area (Å²) < 4.78 is 0. The Morgan fingerprint density at radius 3 is 2.46 bits per heavy atom. The molecule has 0 bridgehead atoms. The molecule has 2 N–H and O–H groups in total. The van der Waals surface area contributed by atoms with Crippen LogP contribution < -0.4 is 10.9 Å². The van der Waals surface area contributed by atoms with Gasteiger partial charge < -0.3 is 10.3 Å². The van der Waals surface area contributed by atoms with Gasteiger partial charge in [0.15, 0.2) is 5.78 Å². The molecule has 1 aromatic heterocycles. The molecule has 0 saturated heterocycles. The van der Waals surface area contributed by atoms with Gasteiger partial charge in [0.25, 0.3) is 11.5 Å². The van der Waals surface area contributed by atoms with E-state index >= 15 is 0 Å². The number of hydrogen-bond acceptors (Lipinski definition) is 3. The molecule has 0 radical (unpaired) electrons. The van der Waals surface area contributed by atoms with Crippen LogP contribution in [0.3, 0.4) is 0 Å². The van der Waals surface area contributed by atoms with Gasteiger partial charge in [0.1, 0.15) is 5.56 Å². The van der Waals surface area contributed by atoms with E-state index in [-0.39, 0.29) is 17.3 Å². The molecule has 5 heteroatoms. The first-order valence-electron chi connectivity index (χ1n) is 9.24. The SMILES string of the molecule is Cc1ccccc1NC(=O)c1cc2c([nH]c1=O)C[C@@H](c1ccccc1)CC2=O. The third-order valence-corrected chi connectivity index (χ3v) is 5.21. The molecule has 1 aliphatic rings. The van der Waals surface area contributed by atoms with Gasteiger partial charge in [-0.25, -0.2) is 0 Å². The second kappa shape index (κ2) is 7.27. The number of pyridine rings is 1. The Kier molecular flexibility index (Phi) is 4.65. The van der Waals surface area contributed by atoms with Crippen LogP contribution in [0.2, 0.25) is 0 Å². The largest absolute Gasteiger partial charge is 0.325 e. The Morgan fingerprint density at radius 2 is 1.71 bits per heavy atom. The normalized spacial score (nSPS) is 15.8. The molecule has 0 spiro atoms. The molecule has 140 valence electrons. The summed E-state index contributed by atoms with van der Waals surface area (Å²) >= 11 is 0. The predicted molar refractivity (Wildman–Crippen MR) is 108 cm³/mol. The molecule has 5 nitrogen and oxygen atoms in total. The van der Waals surface area contributed by atoms with Gasteiger partial charge in [-0.2, -0.15) is 0 Å². The third-order valence-electron chi connectivity index (χ3n) is 5.21. The standard InChI is InChI=1S/C23H20N2O3/c1-14-7-5-6-10-19(14)24-22(27)18-13-17-20(25-23(18)28)11-16(12-21(17)26)15-8-3-2-4-9-15/h2-10,13,16H,11-12H2,1H3,(H,24,27)(H,25,28)/t16-/m1/s1. The van der Waals surface area contributed by atoms with E-state index in [9.17, 15) is 14.4 Å². The van der Waals surface area contributed by atoms with Crippen molar-refractivity contribution in [1.29, 1.82) is 0 Å². The monoisotopic (exact) mass is 372 g/mol. The number of anilines is 1. The number of ketones is 1. The number of carbonyl (C=O) groups is 2. The van der Waals surface area contributed by atoms with Crippen molar-refractivity contribution in [1.82, 2.24) is 4.98 Å². The van der Waals surface area contributed by atoms with E-state index in [0.29, 0.717) is 29.8 Å². The molecule has 3 aromatic rings. The van der Waals surface area contributed by atoms with E-state index < -0.39 is 11.5 Å². The van der Waals surface area contributed by atoms with Crippen molar-refractivity contribution in [2.45, 2.75) is 25.7 Å². The lowest BCUT2D eigenvalue weighted by Gasteiger charge is -2.24. The molecule has 0 saturated carbocycles. The second-order valence-electron chi connectivity index (χ2n) is 7.11. The minimum Gasteiger partial charge on any atom is -0.325 e. The summed E-state index contributed by atoms with van der Waals surface area (Å²) in [5, 5.41) is 2.75. The van der Waals surface area contributed by atoms with Crippen LogP contribution in [0.4, 0.5) is 5.69 Å². The average Bonchev–Trinajstić information content (AvgIpc) is 2.69. The van der Waals surface area contributed by atoms with Gasteiger partial charge in [0.2, 0.25) is 0 Å². The average molecular weight is 372 g/mol. The van der Waals surface area contributed by atoms with Crippen molar-refractivity contribution in [2.24, 2.45) is 0 Å². The van der Waals surface area contributed by atoms with E-state index in [1.165, 1.54) is 6.07 Å². The van der Waals surface area contributed by atoms with Gasteiger partial charge in [-0.3, -0.25) is 14.4 Å². The van der Waals surface area contributed by atoms with Crippen LogP contribution in [-0.2, 0) is 6.42 Å². The quantitative estimate of drug-likeness (QED) is 0.733. The number of carbonyl (C=O) groups excluding carboxylic acids is 2. The Bertz CT molecular complexity index is 1120. The number of amides is 1. The molecular weight excluding hydrogens is 352 g/mol. The fraction of sp³-hybridized carbons (Fsp3) is 0.174. The molecule has 2 aromatic carbocycles. The van der Waals surface area contributed by atoms with Gasteiger partial charge in [0.05, 0.1) is 0 Å². The minimum absolute atomic E-state index is 0.0310. The Morgan fingerprint density at radius 1 is 1.00 bits per heavy atom.